The summed E-state index contributed by atoms with van der Waals surface area (Å²) < 4.78 is 3.21. The summed E-state index contributed by atoms with van der Waals surface area (Å²) >= 11 is 1.66. The van der Waals surface area contributed by atoms with Crippen molar-refractivity contribution in [3.05, 3.63) is 71.3 Å². The summed E-state index contributed by atoms with van der Waals surface area (Å²) in [4.78, 5) is 12.5. The molecule has 0 aliphatic heterocycles. The van der Waals surface area contributed by atoms with Crippen molar-refractivity contribution >= 4 is 27.5 Å². The number of aromatic nitrogens is 1. The smallest absolute Gasteiger partial charge is 0.268 e. The van der Waals surface area contributed by atoms with Crippen LogP contribution in [0.15, 0.2) is 60.0 Å². The Balaban J connectivity index is 1.82. The van der Waals surface area contributed by atoms with Crippen LogP contribution in [0.25, 0.3) is 10.2 Å². The van der Waals surface area contributed by atoms with Crippen molar-refractivity contribution in [3.8, 4) is 0 Å². The minimum atomic E-state index is -0.0308. The quantitative estimate of drug-likeness (QED) is 0.704. The molecule has 1 aromatic carbocycles. The average Bonchev–Trinajstić information content (AvgIpc) is 3.13. The molecule has 2 heterocycles. The van der Waals surface area contributed by atoms with Crippen molar-refractivity contribution in [2.75, 3.05) is 0 Å². The van der Waals surface area contributed by atoms with Gasteiger partial charge in [-0.1, -0.05) is 42.5 Å². The molecule has 0 bridgehead atoms. The summed E-state index contributed by atoms with van der Waals surface area (Å²) in [5, 5.41) is 5.06. The average molecular weight is 310 g/mol. The molecule has 0 aliphatic carbocycles. The van der Waals surface area contributed by atoms with Gasteiger partial charge in [0.25, 0.3) is 5.91 Å². The first-order chi connectivity index (χ1) is 10.8. The van der Waals surface area contributed by atoms with Crippen LogP contribution in [0.2, 0.25) is 0 Å². The van der Waals surface area contributed by atoms with Gasteiger partial charge >= 0.3 is 0 Å². The van der Waals surface area contributed by atoms with Crippen LogP contribution in [0.3, 0.4) is 0 Å². The van der Waals surface area contributed by atoms with Crippen molar-refractivity contribution in [3.63, 3.8) is 0 Å². The molecule has 1 amide bonds. The summed E-state index contributed by atoms with van der Waals surface area (Å²) in [6.07, 6.45) is 4.06. The fraction of sp³-hybridized carbons (Fsp3) is 0.167. The Bertz CT molecular complexity index is 799. The molecule has 3 aromatic rings. The Morgan fingerprint density at radius 3 is 2.86 bits per heavy atom. The normalized spacial score (nSPS) is 11.3. The monoisotopic (exact) mass is 310 g/mol. The number of carbonyl (C=O) groups is 1. The standard InChI is InChI=1S/C18H18N2OS/c1-2-3-10-20-15-9-11-22-17(15)12-16(20)18(21)19-13-14-7-5-4-6-8-14/h2-9,11-12H,10,13H2,1H3,(H,19,21). The molecule has 112 valence electrons. The number of hydrogen-bond acceptors (Lipinski definition) is 2. The highest BCUT2D eigenvalue weighted by Crippen LogP contribution is 2.25. The molecule has 0 radical (unpaired) electrons. The van der Waals surface area contributed by atoms with Crippen LogP contribution in [0.4, 0.5) is 0 Å². The summed E-state index contributed by atoms with van der Waals surface area (Å²) in [5.41, 5.74) is 2.94. The van der Waals surface area contributed by atoms with Crippen LogP contribution in [0.5, 0.6) is 0 Å². The van der Waals surface area contributed by atoms with Crippen LogP contribution in [-0.4, -0.2) is 10.5 Å². The lowest BCUT2D eigenvalue weighted by atomic mass is 10.2. The molecule has 3 rings (SSSR count). The summed E-state index contributed by atoms with van der Waals surface area (Å²) in [6.45, 7) is 3.25. The Labute approximate surface area is 133 Å². The summed E-state index contributed by atoms with van der Waals surface area (Å²) in [5.74, 6) is -0.0308. The number of allylic oxidation sites excluding steroid dienone is 2. The first-order valence-corrected chi connectivity index (χ1v) is 8.17. The van der Waals surface area contributed by atoms with E-state index in [2.05, 4.69) is 27.4 Å². The molecule has 0 atom stereocenters. The largest absolute Gasteiger partial charge is 0.347 e. The zero-order valence-electron chi connectivity index (χ0n) is 12.5. The minimum absolute atomic E-state index is 0.0308. The number of benzene rings is 1. The van der Waals surface area contributed by atoms with Gasteiger partial charge in [-0.25, -0.2) is 0 Å². The molecule has 0 unspecified atom stereocenters. The molecule has 1 N–H and O–H groups in total. The second-order valence-corrected chi connectivity index (χ2v) is 6.00. The lowest BCUT2D eigenvalue weighted by Gasteiger charge is -2.09. The van der Waals surface area contributed by atoms with E-state index < -0.39 is 0 Å². The number of nitrogens with one attached hydrogen (secondary N) is 1. The summed E-state index contributed by atoms with van der Waals surface area (Å²) in [6, 6.07) is 14.0. The Morgan fingerprint density at radius 1 is 1.27 bits per heavy atom. The second-order valence-electron chi connectivity index (χ2n) is 5.05. The van der Waals surface area contributed by atoms with Gasteiger partial charge in [0.1, 0.15) is 5.69 Å². The number of amides is 1. The number of hydrogen-bond donors (Lipinski definition) is 1. The second kappa shape index (κ2) is 6.62. The van der Waals surface area contributed by atoms with Crippen molar-refractivity contribution in [1.29, 1.82) is 0 Å². The van der Waals surface area contributed by atoms with Crippen molar-refractivity contribution < 1.29 is 4.79 Å². The molecule has 22 heavy (non-hydrogen) atoms. The van der Waals surface area contributed by atoms with Crippen molar-refractivity contribution in [1.82, 2.24) is 9.88 Å². The van der Waals surface area contributed by atoms with Gasteiger partial charge in [0.05, 0.1) is 10.2 Å². The molecular formula is C18H18N2OS. The third-order valence-corrected chi connectivity index (χ3v) is 4.43. The lowest BCUT2D eigenvalue weighted by Crippen LogP contribution is -2.25. The van der Waals surface area contributed by atoms with E-state index in [-0.39, 0.29) is 5.91 Å². The van der Waals surface area contributed by atoms with E-state index in [0.717, 1.165) is 21.5 Å². The van der Waals surface area contributed by atoms with Crippen LogP contribution in [0.1, 0.15) is 23.0 Å². The number of carbonyl (C=O) groups excluding carboxylic acids is 1. The molecule has 0 fully saturated rings. The van der Waals surface area contributed by atoms with Gasteiger partial charge in [0, 0.05) is 13.1 Å². The highest BCUT2D eigenvalue weighted by Gasteiger charge is 2.15. The van der Waals surface area contributed by atoms with E-state index in [1.54, 1.807) is 11.3 Å². The van der Waals surface area contributed by atoms with Crippen molar-refractivity contribution in [2.45, 2.75) is 20.0 Å². The SMILES string of the molecule is CC=CCn1c(C(=O)NCc2ccccc2)cc2sccc21. The van der Waals surface area contributed by atoms with Crippen molar-refractivity contribution in [2.24, 2.45) is 0 Å². The molecule has 0 aliphatic rings. The molecule has 2 aromatic heterocycles. The van der Waals surface area contributed by atoms with Gasteiger partial charge in [-0.3, -0.25) is 4.79 Å². The minimum Gasteiger partial charge on any atom is -0.347 e. The van der Waals surface area contributed by atoms with Gasteiger partial charge in [-0.05, 0) is 30.0 Å². The lowest BCUT2D eigenvalue weighted by molar-refractivity contribution is 0.0942. The van der Waals surface area contributed by atoms with E-state index in [4.69, 9.17) is 0 Å². The maximum absolute atomic E-state index is 12.5. The molecular weight excluding hydrogens is 292 g/mol. The number of nitrogens with zero attached hydrogens (tertiary/aromatic N) is 1. The predicted molar refractivity (Wildman–Crippen MR) is 92.2 cm³/mol. The Hall–Kier alpha value is -2.33. The number of thiophene rings is 1. The Kier molecular flexibility index (Phi) is 4.39. The molecule has 4 heteroatoms. The topological polar surface area (TPSA) is 34.0 Å². The van der Waals surface area contributed by atoms with Crippen LogP contribution < -0.4 is 5.32 Å². The molecule has 0 spiro atoms. The van der Waals surface area contributed by atoms with Gasteiger partial charge in [-0.2, -0.15) is 0 Å². The predicted octanol–water partition coefficient (Wildman–Crippen LogP) is 4.21. The first kappa shape index (κ1) is 14.6. The van der Waals surface area contributed by atoms with Gasteiger partial charge < -0.3 is 9.88 Å². The van der Waals surface area contributed by atoms with Gasteiger partial charge in [-0.15, -0.1) is 11.3 Å². The van der Waals surface area contributed by atoms with Gasteiger partial charge in [0.15, 0.2) is 0 Å². The number of fused-ring (bicyclic) bond motifs is 1. The fourth-order valence-corrected chi connectivity index (χ4v) is 3.26. The molecule has 0 saturated carbocycles. The fourth-order valence-electron chi connectivity index (χ4n) is 2.44. The van der Waals surface area contributed by atoms with Gasteiger partial charge in [0.2, 0.25) is 0 Å². The van der Waals surface area contributed by atoms with E-state index in [1.165, 1.54) is 0 Å². The zero-order chi connectivity index (χ0) is 15.4. The Morgan fingerprint density at radius 2 is 2.09 bits per heavy atom. The third-order valence-electron chi connectivity index (χ3n) is 3.57. The molecule has 3 nitrogen and oxygen atoms in total. The van der Waals surface area contributed by atoms with E-state index in [9.17, 15) is 4.79 Å². The van der Waals surface area contributed by atoms with Crippen LogP contribution >= 0.6 is 11.3 Å². The highest BCUT2D eigenvalue weighted by molar-refractivity contribution is 7.17. The maximum Gasteiger partial charge on any atom is 0.268 e. The van der Waals surface area contributed by atoms with Crippen LogP contribution in [0, 0.1) is 0 Å². The third kappa shape index (κ3) is 2.97. The zero-order valence-corrected chi connectivity index (χ0v) is 13.3. The van der Waals surface area contributed by atoms with E-state index in [1.807, 2.05) is 49.4 Å². The van der Waals surface area contributed by atoms with Crippen LogP contribution in [-0.2, 0) is 13.1 Å². The number of rotatable bonds is 5. The molecule has 0 saturated heterocycles. The summed E-state index contributed by atoms with van der Waals surface area (Å²) in [7, 11) is 0. The van der Waals surface area contributed by atoms with E-state index in [0.29, 0.717) is 13.1 Å². The van der Waals surface area contributed by atoms with E-state index >= 15 is 0 Å². The maximum atomic E-state index is 12.5. The first-order valence-electron chi connectivity index (χ1n) is 7.29. The highest BCUT2D eigenvalue weighted by atomic mass is 32.1.